The summed E-state index contributed by atoms with van der Waals surface area (Å²) in [6, 6.07) is 12.8. The maximum absolute atomic E-state index is 12.8. The molecule has 1 atom stereocenters. The van der Waals surface area contributed by atoms with Crippen LogP contribution in [0.2, 0.25) is 0 Å². The molecule has 0 aliphatic carbocycles. The fourth-order valence-corrected chi connectivity index (χ4v) is 2.47. The van der Waals surface area contributed by atoms with Crippen LogP contribution < -0.4 is 10.5 Å². The van der Waals surface area contributed by atoms with Crippen molar-refractivity contribution in [2.24, 2.45) is 5.73 Å². The summed E-state index contributed by atoms with van der Waals surface area (Å²) in [5.41, 5.74) is 6.74. The molecule has 0 aromatic heterocycles. The van der Waals surface area contributed by atoms with Crippen LogP contribution in [0.15, 0.2) is 48.5 Å². The fourth-order valence-electron chi connectivity index (χ4n) is 2.47. The molecule has 0 aliphatic heterocycles. The second-order valence-corrected chi connectivity index (χ2v) is 5.26. The predicted molar refractivity (Wildman–Crippen MR) is 84.2 cm³/mol. The molecule has 0 bridgehead atoms. The summed E-state index contributed by atoms with van der Waals surface area (Å²) in [5, 5.41) is 0. The van der Waals surface area contributed by atoms with Gasteiger partial charge in [0.15, 0.2) is 0 Å². The summed E-state index contributed by atoms with van der Waals surface area (Å²) >= 11 is 0. The van der Waals surface area contributed by atoms with E-state index in [4.69, 9.17) is 10.5 Å². The lowest BCUT2D eigenvalue weighted by Gasteiger charge is -2.17. The highest BCUT2D eigenvalue weighted by molar-refractivity contribution is 5.33. The van der Waals surface area contributed by atoms with Crippen LogP contribution in [0.4, 0.5) is 13.2 Å². The van der Waals surface area contributed by atoms with Gasteiger partial charge in [0, 0.05) is 5.92 Å². The number of halogens is 3. The normalized spacial score (nSPS) is 12.9. The highest BCUT2D eigenvalue weighted by Crippen LogP contribution is 2.31. The zero-order valence-electron chi connectivity index (χ0n) is 12.6. The molecule has 2 rings (SSSR count). The van der Waals surface area contributed by atoms with Crippen molar-refractivity contribution in [1.29, 1.82) is 0 Å². The zero-order chi connectivity index (χ0) is 16.9. The Morgan fingerprint density at radius 3 is 2.48 bits per heavy atom. The van der Waals surface area contributed by atoms with Crippen LogP contribution in [-0.2, 0) is 12.6 Å². The summed E-state index contributed by atoms with van der Waals surface area (Å²) in [4.78, 5) is 0. The van der Waals surface area contributed by atoms with Crippen LogP contribution in [-0.4, -0.2) is 13.2 Å². The van der Waals surface area contributed by atoms with Gasteiger partial charge in [-0.25, -0.2) is 0 Å². The molecular formula is C18H19F3NO. The Morgan fingerprint density at radius 1 is 1.09 bits per heavy atom. The van der Waals surface area contributed by atoms with Crippen LogP contribution in [0.1, 0.15) is 22.6 Å². The average molecular weight is 322 g/mol. The molecule has 0 saturated carbocycles. The second kappa shape index (κ2) is 7.51. The first kappa shape index (κ1) is 17.3. The number of benzene rings is 2. The molecule has 0 saturated heterocycles. The molecule has 2 aromatic carbocycles. The van der Waals surface area contributed by atoms with E-state index in [1.807, 2.05) is 24.3 Å². The minimum absolute atomic E-state index is 0.0770. The van der Waals surface area contributed by atoms with E-state index < -0.39 is 11.7 Å². The third-order valence-corrected chi connectivity index (χ3v) is 3.62. The van der Waals surface area contributed by atoms with Gasteiger partial charge in [0.25, 0.3) is 0 Å². The predicted octanol–water partition coefficient (Wildman–Crippen LogP) is 4.20. The molecule has 2 N–H and O–H groups in total. The van der Waals surface area contributed by atoms with Crippen LogP contribution in [0.5, 0.6) is 5.75 Å². The molecule has 2 aromatic rings. The summed E-state index contributed by atoms with van der Waals surface area (Å²) in [5.74, 6) is 0.604. The molecule has 0 aliphatic rings. The number of rotatable bonds is 6. The number of nitrogens with two attached hydrogens (primary N) is 1. The summed E-state index contributed by atoms with van der Waals surface area (Å²) in [6.45, 7) is 4.27. The first-order valence-corrected chi connectivity index (χ1v) is 7.32. The van der Waals surface area contributed by atoms with Gasteiger partial charge in [0.2, 0.25) is 0 Å². The van der Waals surface area contributed by atoms with Gasteiger partial charge in [0.05, 0.1) is 12.2 Å². The standard InChI is InChI=1S/C18H19F3NO/c1-2-23-17-8-4-6-14(11-17)15(12-22)9-13-5-3-7-16(10-13)18(19,20)21/h3-8,10-11,15H,1-2,9,12,22H2. The average Bonchev–Trinajstić information content (AvgIpc) is 2.53. The summed E-state index contributed by atoms with van der Waals surface area (Å²) in [7, 11) is 0. The van der Waals surface area contributed by atoms with E-state index in [-0.39, 0.29) is 5.92 Å². The first-order chi connectivity index (χ1) is 10.9. The van der Waals surface area contributed by atoms with Gasteiger partial charge in [-0.2, -0.15) is 13.2 Å². The fraction of sp³-hybridized carbons (Fsp3) is 0.278. The number of hydrogen-bond donors (Lipinski definition) is 1. The van der Waals surface area contributed by atoms with Gasteiger partial charge < -0.3 is 10.5 Å². The molecule has 123 valence electrons. The Kier molecular flexibility index (Phi) is 5.66. The van der Waals surface area contributed by atoms with Crippen LogP contribution in [0.3, 0.4) is 0 Å². The van der Waals surface area contributed by atoms with Crippen molar-refractivity contribution in [2.75, 3.05) is 13.2 Å². The Labute approximate surface area is 134 Å². The lowest BCUT2D eigenvalue weighted by atomic mass is 9.91. The van der Waals surface area contributed by atoms with Crippen molar-refractivity contribution in [3.05, 3.63) is 72.1 Å². The van der Waals surface area contributed by atoms with Crippen molar-refractivity contribution in [2.45, 2.75) is 18.5 Å². The van der Waals surface area contributed by atoms with E-state index in [9.17, 15) is 13.2 Å². The molecule has 23 heavy (non-hydrogen) atoms. The number of hydrogen-bond acceptors (Lipinski definition) is 2. The third kappa shape index (κ3) is 4.73. The minimum Gasteiger partial charge on any atom is -0.494 e. The highest BCUT2D eigenvalue weighted by atomic mass is 19.4. The highest BCUT2D eigenvalue weighted by Gasteiger charge is 2.30. The van der Waals surface area contributed by atoms with E-state index in [2.05, 4.69) is 6.92 Å². The molecule has 0 fully saturated rings. The van der Waals surface area contributed by atoms with Crippen molar-refractivity contribution in [1.82, 2.24) is 0 Å². The lowest BCUT2D eigenvalue weighted by Crippen LogP contribution is -2.15. The van der Waals surface area contributed by atoms with Gasteiger partial charge in [-0.1, -0.05) is 30.3 Å². The molecular weight excluding hydrogens is 303 g/mol. The van der Waals surface area contributed by atoms with Crippen molar-refractivity contribution in [3.63, 3.8) is 0 Å². The van der Waals surface area contributed by atoms with Crippen molar-refractivity contribution in [3.8, 4) is 5.75 Å². The molecule has 0 heterocycles. The van der Waals surface area contributed by atoms with Gasteiger partial charge in [0.1, 0.15) is 5.75 Å². The van der Waals surface area contributed by atoms with E-state index in [1.54, 1.807) is 6.07 Å². The Morgan fingerprint density at radius 2 is 1.83 bits per heavy atom. The van der Waals surface area contributed by atoms with Crippen LogP contribution in [0.25, 0.3) is 0 Å². The van der Waals surface area contributed by atoms with Crippen LogP contribution in [0, 0.1) is 6.92 Å². The van der Waals surface area contributed by atoms with Crippen LogP contribution >= 0.6 is 0 Å². The monoisotopic (exact) mass is 322 g/mol. The molecule has 0 amide bonds. The molecule has 0 spiro atoms. The van der Waals surface area contributed by atoms with Gasteiger partial charge in [-0.05, 0) is 49.2 Å². The minimum atomic E-state index is -4.34. The van der Waals surface area contributed by atoms with Gasteiger partial charge in [-0.15, -0.1) is 0 Å². The zero-order valence-corrected chi connectivity index (χ0v) is 12.6. The van der Waals surface area contributed by atoms with Crippen molar-refractivity contribution < 1.29 is 17.9 Å². The quantitative estimate of drug-likeness (QED) is 0.865. The maximum Gasteiger partial charge on any atom is 0.416 e. The Balaban J connectivity index is 2.21. The largest absolute Gasteiger partial charge is 0.494 e. The van der Waals surface area contributed by atoms with Gasteiger partial charge in [-0.3, -0.25) is 0 Å². The molecule has 1 unspecified atom stereocenters. The molecule has 5 heteroatoms. The molecule has 1 radical (unpaired) electrons. The summed E-state index contributed by atoms with van der Waals surface area (Å²) in [6.07, 6.45) is -3.90. The Bertz CT molecular complexity index is 640. The SMILES string of the molecule is [CH2]COc1cccc(C(CN)Cc2cccc(C(F)(F)F)c2)c1. The second-order valence-electron chi connectivity index (χ2n) is 5.26. The van der Waals surface area contributed by atoms with Crippen molar-refractivity contribution >= 4 is 0 Å². The number of ether oxygens (including phenoxy) is 1. The van der Waals surface area contributed by atoms with Gasteiger partial charge >= 0.3 is 6.18 Å². The number of alkyl halides is 3. The van der Waals surface area contributed by atoms with E-state index in [1.165, 1.54) is 12.1 Å². The molecule has 2 nitrogen and oxygen atoms in total. The van der Waals surface area contributed by atoms with E-state index in [0.29, 0.717) is 30.9 Å². The Hall–Kier alpha value is -2.01. The lowest BCUT2D eigenvalue weighted by molar-refractivity contribution is -0.137. The maximum atomic E-state index is 12.8. The summed E-state index contributed by atoms with van der Waals surface area (Å²) < 4.78 is 43.8. The van der Waals surface area contributed by atoms with E-state index >= 15 is 0 Å². The third-order valence-electron chi connectivity index (χ3n) is 3.62. The van der Waals surface area contributed by atoms with E-state index in [0.717, 1.165) is 11.6 Å². The first-order valence-electron chi connectivity index (χ1n) is 7.32. The topological polar surface area (TPSA) is 35.2 Å². The smallest absolute Gasteiger partial charge is 0.416 e.